The number of aromatic nitrogens is 3. The van der Waals surface area contributed by atoms with E-state index in [1.807, 2.05) is 18.3 Å². The molecule has 6 nitrogen and oxygen atoms in total. The van der Waals surface area contributed by atoms with E-state index in [1.165, 1.54) is 0 Å². The molecule has 0 unspecified atom stereocenters. The van der Waals surface area contributed by atoms with Crippen LogP contribution in [-0.4, -0.2) is 25.6 Å². The Morgan fingerprint density at radius 3 is 3.00 bits per heavy atom. The van der Waals surface area contributed by atoms with Gasteiger partial charge in [-0.2, -0.15) is 0 Å². The van der Waals surface area contributed by atoms with E-state index >= 15 is 0 Å². The summed E-state index contributed by atoms with van der Waals surface area (Å²) in [6, 6.07) is 3.75. The molecule has 0 aliphatic heterocycles. The van der Waals surface area contributed by atoms with Crippen molar-refractivity contribution >= 4 is 5.84 Å². The van der Waals surface area contributed by atoms with Gasteiger partial charge in [0.15, 0.2) is 5.84 Å². The third kappa shape index (κ3) is 2.90. The highest BCUT2D eigenvalue weighted by atomic mass is 16.4. The fourth-order valence-electron chi connectivity index (χ4n) is 1.96. The second-order valence-electron chi connectivity index (χ2n) is 4.22. The Hall–Kier alpha value is -2.37. The molecule has 6 heteroatoms. The minimum absolute atomic E-state index is 0.0211. The van der Waals surface area contributed by atoms with E-state index in [9.17, 15) is 0 Å². The van der Waals surface area contributed by atoms with Gasteiger partial charge < -0.3 is 15.5 Å². The fraction of sp³-hybridized carbons (Fsp3) is 0.308. The monoisotopic (exact) mass is 259 g/mol. The Labute approximate surface area is 111 Å². The molecular formula is C13H17N5O. The first kappa shape index (κ1) is 13.1. The van der Waals surface area contributed by atoms with Gasteiger partial charge in [0.25, 0.3) is 0 Å². The number of amidine groups is 1. The number of nitrogens with two attached hydrogens (primary N) is 1. The van der Waals surface area contributed by atoms with E-state index in [0.717, 1.165) is 24.2 Å². The first-order valence-corrected chi connectivity index (χ1v) is 6.18. The van der Waals surface area contributed by atoms with Crippen LogP contribution in [0, 0.1) is 0 Å². The summed E-state index contributed by atoms with van der Waals surface area (Å²) in [6.45, 7) is 2.72. The smallest absolute Gasteiger partial charge is 0.189 e. The predicted molar refractivity (Wildman–Crippen MR) is 72.1 cm³/mol. The van der Waals surface area contributed by atoms with E-state index in [2.05, 4.69) is 26.6 Å². The number of rotatable bonds is 5. The molecule has 0 atom stereocenters. The van der Waals surface area contributed by atoms with E-state index in [0.29, 0.717) is 12.2 Å². The SMILES string of the molecule is CCCc1nccn1Cc1cccnc1C(N)=NO. The average Bonchev–Trinajstić information content (AvgIpc) is 2.86. The third-order valence-corrected chi connectivity index (χ3v) is 2.86. The van der Waals surface area contributed by atoms with Gasteiger partial charge in [0, 0.05) is 30.6 Å². The molecule has 0 fully saturated rings. The van der Waals surface area contributed by atoms with Crippen LogP contribution < -0.4 is 5.73 Å². The van der Waals surface area contributed by atoms with Gasteiger partial charge >= 0.3 is 0 Å². The number of hydrogen-bond acceptors (Lipinski definition) is 4. The highest BCUT2D eigenvalue weighted by Gasteiger charge is 2.10. The molecule has 100 valence electrons. The van der Waals surface area contributed by atoms with Gasteiger partial charge in [-0.3, -0.25) is 4.98 Å². The number of hydrogen-bond donors (Lipinski definition) is 2. The van der Waals surface area contributed by atoms with Crippen LogP contribution in [0.1, 0.15) is 30.4 Å². The van der Waals surface area contributed by atoms with Crippen molar-refractivity contribution < 1.29 is 5.21 Å². The number of oxime groups is 1. The van der Waals surface area contributed by atoms with Gasteiger partial charge in [-0.1, -0.05) is 18.1 Å². The first-order chi connectivity index (χ1) is 9.26. The molecule has 2 aromatic heterocycles. The van der Waals surface area contributed by atoms with E-state index in [-0.39, 0.29) is 5.84 Å². The van der Waals surface area contributed by atoms with Crippen LogP contribution in [0.15, 0.2) is 35.9 Å². The molecular weight excluding hydrogens is 242 g/mol. The average molecular weight is 259 g/mol. The zero-order valence-corrected chi connectivity index (χ0v) is 10.8. The predicted octanol–water partition coefficient (Wildman–Crippen LogP) is 1.37. The summed E-state index contributed by atoms with van der Waals surface area (Å²) in [4.78, 5) is 8.48. The molecule has 0 amide bonds. The fourth-order valence-corrected chi connectivity index (χ4v) is 1.96. The Balaban J connectivity index is 2.30. The highest BCUT2D eigenvalue weighted by molar-refractivity contribution is 5.96. The summed E-state index contributed by atoms with van der Waals surface area (Å²) in [6.07, 6.45) is 7.29. The van der Waals surface area contributed by atoms with Gasteiger partial charge in [0.05, 0.1) is 6.54 Å². The first-order valence-electron chi connectivity index (χ1n) is 6.18. The molecule has 2 aromatic rings. The van der Waals surface area contributed by atoms with Gasteiger partial charge in [-0.15, -0.1) is 0 Å². The van der Waals surface area contributed by atoms with Crippen molar-refractivity contribution in [1.29, 1.82) is 0 Å². The summed E-state index contributed by atoms with van der Waals surface area (Å²) in [5.41, 5.74) is 7.03. The molecule has 0 aliphatic rings. The molecule has 3 N–H and O–H groups in total. The van der Waals surface area contributed by atoms with E-state index in [1.54, 1.807) is 12.4 Å². The lowest BCUT2D eigenvalue weighted by atomic mass is 10.1. The lowest BCUT2D eigenvalue weighted by Crippen LogP contribution is -2.19. The van der Waals surface area contributed by atoms with Crippen LogP contribution in [0.4, 0.5) is 0 Å². The Morgan fingerprint density at radius 1 is 1.42 bits per heavy atom. The molecule has 2 heterocycles. The summed E-state index contributed by atoms with van der Waals surface area (Å²) in [7, 11) is 0. The molecule has 0 aromatic carbocycles. The number of pyridine rings is 1. The van der Waals surface area contributed by atoms with Crippen molar-refractivity contribution in [1.82, 2.24) is 14.5 Å². The molecule has 0 aliphatic carbocycles. The molecule has 0 bridgehead atoms. The maximum Gasteiger partial charge on any atom is 0.189 e. The molecule has 0 saturated heterocycles. The zero-order chi connectivity index (χ0) is 13.7. The van der Waals surface area contributed by atoms with Gasteiger partial charge in [0.1, 0.15) is 11.5 Å². The summed E-state index contributed by atoms with van der Waals surface area (Å²) in [5.74, 6) is 1.05. The third-order valence-electron chi connectivity index (χ3n) is 2.86. The Morgan fingerprint density at radius 2 is 2.26 bits per heavy atom. The standard InChI is InChI=1S/C13H17N5O/c1-2-4-11-15-7-8-18(11)9-10-5-3-6-16-12(10)13(14)17-19/h3,5-8,19H,2,4,9H2,1H3,(H2,14,17). The molecule has 2 rings (SSSR count). The summed E-state index contributed by atoms with van der Waals surface area (Å²) in [5, 5.41) is 11.8. The Bertz CT molecular complexity index is 576. The minimum atomic E-state index is 0.0211. The lowest BCUT2D eigenvalue weighted by molar-refractivity contribution is 0.318. The lowest BCUT2D eigenvalue weighted by Gasteiger charge is -2.10. The van der Waals surface area contributed by atoms with Crippen molar-refractivity contribution in [3.63, 3.8) is 0 Å². The van der Waals surface area contributed by atoms with Crippen molar-refractivity contribution in [2.45, 2.75) is 26.3 Å². The summed E-state index contributed by atoms with van der Waals surface area (Å²) >= 11 is 0. The van der Waals surface area contributed by atoms with Crippen LogP contribution in [-0.2, 0) is 13.0 Å². The van der Waals surface area contributed by atoms with Gasteiger partial charge in [-0.25, -0.2) is 4.98 Å². The number of imidazole rings is 1. The van der Waals surface area contributed by atoms with E-state index < -0.39 is 0 Å². The summed E-state index contributed by atoms with van der Waals surface area (Å²) < 4.78 is 2.05. The largest absolute Gasteiger partial charge is 0.409 e. The number of nitrogens with zero attached hydrogens (tertiary/aromatic N) is 4. The number of aryl methyl sites for hydroxylation is 1. The van der Waals surface area contributed by atoms with Crippen LogP contribution in [0.25, 0.3) is 0 Å². The van der Waals surface area contributed by atoms with Crippen molar-refractivity contribution in [3.05, 3.63) is 47.8 Å². The van der Waals surface area contributed by atoms with Gasteiger partial charge in [-0.05, 0) is 12.5 Å². The maximum atomic E-state index is 8.78. The zero-order valence-electron chi connectivity index (χ0n) is 10.8. The van der Waals surface area contributed by atoms with Gasteiger partial charge in [0.2, 0.25) is 0 Å². The molecule has 0 saturated carbocycles. The molecule has 19 heavy (non-hydrogen) atoms. The molecule has 0 spiro atoms. The topological polar surface area (TPSA) is 89.3 Å². The van der Waals surface area contributed by atoms with Crippen LogP contribution in [0.3, 0.4) is 0 Å². The van der Waals surface area contributed by atoms with Crippen molar-refractivity contribution in [2.24, 2.45) is 10.9 Å². The molecule has 0 radical (unpaired) electrons. The second-order valence-corrected chi connectivity index (χ2v) is 4.22. The van der Waals surface area contributed by atoms with Crippen LogP contribution in [0.2, 0.25) is 0 Å². The minimum Gasteiger partial charge on any atom is -0.409 e. The van der Waals surface area contributed by atoms with Crippen LogP contribution >= 0.6 is 0 Å². The van der Waals surface area contributed by atoms with Crippen LogP contribution in [0.5, 0.6) is 0 Å². The van der Waals surface area contributed by atoms with Crippen molar-refractivity contribution in [3.8, 4) is 0 Å². The maximum absolute atomic E-state index is 8.78. The normalized spacial score (nSPS) is 11.7. The quantitative estimate of drug-likeness (QED) is 0.367. The highest BCUT2D eigenvalue weighted by Crippen LogP contribution is 2.10. The second kappa shape index (κ2) is 5.99. The van der Waals surface area contributed by atoms with Crippen molar-refractivity contribution in [2.75, 3.05) is 0 Å². The Kier molecular flexibility index (Phi) is 4.12. The van der Waals surface area contributed by atoms with E-state index in [4.69, 9.17) is 10.9 Å².